The Morgan fingerprint density at radius 2 is 1.67 bits per heavy atom. The van der Waals surface area contributed by atoms with E-state index in [9.17, 15) is 14.4 Å². The van der Waals surface area contributed by atoms with Crippen LogP contribution in [0.2, 0.25) is 0 Å². The maximum absolute atomic E-state index is 11.0. The van der Waals surface area contributed by atoms with Gasteiger partial charge in [0, 0.05) is 13.0 Å². The third-order valence-electron chi connectivity index (χ3n) is 2.42. The minimum absolute atomic E-state index is 0.121. The molecule has 0 atom stereocenters. The number of carboxylic acid groups (broad SMARTS) is 3. The Kier molecular flexibility index (Phi) is 3.59. The summed E-state index contributed by atoms with van der Waals surface area (Å²) in [6.45, 7) is 1.90. The van der Waals surface area contributed by atoms with Gasteiger partial charge >= 0.3 is 17.9 Å². The van der Waals surface area contributed by atoms with Gasteiger partial charge in [-0.2, -0.15) is 0 Å². The highest BCUT2D eigenvalue weighted by atomic mass is 16.4. The Hall–Kier alpha value is -2.52. The number of nitrogens with zero attached hydrogens (tertiary/aromatic N) is 4. The molecule has 98 valence electrons. The van der Waals surface area contributed by atoms with E-state index in [0.717, 1.165) is 4.68 Å². The minimum atomic E-state index is -3.00. The fourth-order valence-electron chi connectivity index (χ4n) is 1.33. The highest BCUT2D eigenvalue weighted by Gasteiger charge is 2.55. The smallest absolute Gasteiger partial charge is 0.333 e. The topological polar surface area (TPSA) is 156 Å². The number of aryl methyl sites for hydroxylation is 1. The van der Waals surface area contributed by atoms with Crippen molar-refractivity contribution in [1.29, 1.82) is 0 Å². The Morgan fingerprint density at radius 3 is 2.06 bits per heavy atom. The molecule has 0 aliphatic rings. The van der Waals surface area contributed by atoms with E-state index in [2.05, 4.69) is 15.5 Å². The van der Waals surface area contributed by atoms with Gasteiger partial charge in [-0.15, -0.1) is 5.10 Å². The second-order valence-corrected chi connectivity index (χ2v) is 3.41. The van der Waals surface area contributed by atoms with E-state index >= 15 is 0 Å². The van der Waals surface area contributed by atoms with Crippen LogP contribution in [0.5, 0.6) is 0 Å². The first-order chi connectivity index (χ1) is 8.36. The van der Waals surface area contributed by atoms with E-state index in [-0.39, 0.29) is 12.4 Å². The third kappa shape index (κ3) is 1.99. The molecule has 1 aromatic heterocycles. The molecule has 1 heterocycles. The van der Waals surface area contributed by atoms with E-state index in [1.165, 1.54) is 0 Å². The Morgan fingerprint density at radius 1 is 1.17 bits per heavy atom. The van der Waals surface area contributed by atoms with Gasteiger partial charge in [0.05, 0.1) is 0 Å². The summed E-state index contributed by atoms with van der Waals surface area (Å²) >= 11 is 0. The molecule has 0 unspecified atom stereocenters. The van der Waals surface area contributed by atoms with Crippen LogP contribution in [0.4, 0.5) is 0 Å². The lowest BCUT2D eigenvalue weighted by Crippen LogP contribution is -2.48. The normalized spacial score (nSPS) is 11.2. The number of rotatable bonds is 6. The quantitative estimate of drug-likeness (QED) is 0.515. The van der Waals surface area contributed by atoms with Crippen molar-refractivity contribution in [3.63, 3.8) is 0 Å². The van der Waals surface area contributed by atoms with Gasteiger partial charge in [-0.25, -0.2) is 4.68 Å². The maximum atomic E-state index is 11.0. The van der Waals surface area contributed by atoms with Gasteiger partial charge in [0.25, 0.3) is 5.41 Å². The zero-order valence-corrected chi connectivity index (χ0v) is 9.27. The van der Waals surface area contributed by atoms with Crippen LogP contribution in [0.25, 0.3) is 0 Å². The fraction of sp³-hybridized carbons (Fsp3) is 0.500. The maximum Gasteiger partial charge on any atom is 0.333 e. The molecule has 0 radical (unpaired) electrons. The number of hydrogen-bond acceptors (Lipinski definition) is 6. The van der Waals surface area contributed by atoms with Crippen molar-refractivity contribution in [2.24, 2.45) is 5.41 Å². The van der Waals surface area contributed by atoms with E-state index in [1.54, 1.807) is 6.92 Å². The van der Waals surface area contributed by atoms with Crippen molar-refractivity contribution in [1.82, 2.24) is 20.2 Å². The predicted octanol–water partition coefficient (Wildman–Crippen LogP) is -1.52. The first kappa shape index (κ1) is 13.5. The third-order valence-corrected chi connectivity index (χ3v) is 2.42. The van der Waals surface area contributed by atoms with E-state index < -0.39 is 29.7 Å². The summed E-state index contributed by atoms with van der Waals surface area (Å²) < 4.78 is 1.13. The molecule has 3 N–H and O–H groups in total. The molecule has 0 saturated carbocycles. The van der Waals surface area contributed by atoms with Crippen molar-refractivity contribution in [3.05, 3.63) is 5.82 Å². The van der Waals surface area contributed by atoms with Gasteiger partial charge in [-0.05, 0) is 17.4 Å². The van der Waals surface area contributed by atoms with Crippen molar-refractivity contribution >= 4 is 17.9 Å². The summed E-state index contributed by atoms with van der Waals surface area (Å²) in [7, 11) is 0. The van der Waals surface area contributed by atoms with Crippen molar-refractivity contribution in [2.45, 2.75) is 19.9 Å². The number of carbonyl (C=O) groups is 3. The number of hydrogen-bond donors (Lipinski definition) is 3. The average molecular weight is 258 g/mol. The molecule has 18 heavy (non-hydrogen) atoms. The molecule has 0 fully saturated rings. The first-order valence-electron chi connectivity index (χ1n) is 4.81. The number of tetrazole rings is 1. The van der Waals surface area contributed by atoms with E-state index in [0.29, 0.717) is 0 Å². The van der Waals surface area contributed by atoms with Crippen molar-refractivity contribution < 1.29 is 29.7 Å². The van der Waals surface area contributed by atoms with Crippen LogP contribution in [0, 0.1) is 5.41 Å². The summed E-state index contributed by atoms with van der Waals surface area (Å²) in [5, 5.41) is 36.8. The standard InChI is InChI=1S/C8H10N4O6/c1-2-12-4(9-10-11-12)3-8(5(13)14,6(15)16)7(17)18/h2-3H2,1H3,(H,13,14)(H,15,16)(H,17,18). The van der Waals surface area contributed by atoms with Gasteiger partial charge in [0.15, 0.2) is 5.82 Å². The summed E-state index contributed by atoms with van der Waals surface area (Å²) in [4.78, 5) is 33.0. The molecule has 1 rings (SSSR count). The van der Waals surface area contributed by atoms with Crippen LogP contribution in [-0.2, 0) is 27.3 Å². The SMILES string of the molecule is CCn1nnnc1CC(C(=O)O)(C(=O)O)C(=O)O. The molecule has 0 aliphatic carbocycles. The van der Waals surface area contributed by atoms with E-state index in [4.69, 9.17) is 15.3 Å². The van der Waals surface area contributed by atoms with Crippen LogP contribution in [0.1, 0.15) is 12.7 Å². The van der Waals surface area contributed by atoms with Gasteiger partial charge in [-0.1, -0.05) is 0 Å². The van der Waals surface area contributed by atoms with Gasteiger partial charge in [0.1, 0.15) is 0 Å². The van der Waals surface area contributed by atoms with Crippen LogP contribution in [0.15, 0.2) is 0 Å². The summed E-state index contributed by atoms with van der Waals surface area (Å²) in [6, 6.07) is 0. The second kappa shape index (κ2) is 4.77. The molecule has 10 heteroatoms. The number of aromatic nitrogens is 4. The number of aliphatic carboxylic acids is 3. The second-order valence-electron chi connectivity index (χ2n) is 3.41. The highest BCUT2D eigenvalue weighted by molar-refractivity contribution is 6.16. The lowest BCUT2D eigenvalue weighted by Gasteiger charge is -2.18. The molecular weight excluding hydrogens is 248 g/mol. The zero-order valence-electron chi connectivity index (χ0n) is 9.27. The molecule has 0 spiro atoms. The van der Waals surface area contributed by atoms with Crippen LogP contribution < -0.4 is 0 Å². The van der Waals surface area contributed by atoms with Gasteiger partial charge in [0.2, 0.25) is 0 Å². The largest absolute Gasteiger partial charge is 0.480 e. The highest BCUT2D eigenvalue weighted by Crippen LogP contribution is 2.23. The van der Waals surface area contributed by atoms with Crippen LogP contribution in [-0.4, -0.2) is 53.4 Å². The molecule has 10 nitrogen and oxygen atoms in total. The van der Waals surface area contributed by atoms with Gasteiger partial charge < -0.3 is 15.3 Å². The molecular formula is C8H10N4O6. The van der Waals surface area contributed by atoms with E-state index in [1.807, 2.05) is 0 Å². The molecule has 0 saturated heterocycles. The molecule has 0 aromatic carbocycles. The average Bonchev–Trinajstić information content (AvgIpc) is 2.71. The van der Waals surface area contributed by atoms with Crippen molar-refractivity contribution in [2.75, 3.05) is 0 Å². The number of carboxylic acids is 3. The molecule has 0 amide bonds. The Labute approximate surface area is 99.8 Å². The molecule has 0 bridgehead atoms. The zero-order chi connectivity index (χ0) is 13.9. The molecule has 0 aliphatic heterocycles. The van der Waals surface area contributed by atoms with Crippen LogP contribution in [0.3, 0.4) is 0 Å². The monoisotopic (exact) mass is 258 g/mol. The van der Waals surface area contributed by atoms with Crippen LogP contribution >= 0.6 is 0 Å². The fourth-order valence-corrected chi connectivity index (χ4v) is 1.33. The summed E-state index contributed by atoms with van der Waals surface area (Å²) in [5.74, 6) is -6.06. The summed E-state index contributed by atoms with van der Waals surface area (Å²) in [6.07, 6.45) is -0.839. The van der Waals surface area contributed by atoms with Gasteiger partial charge in [-0.3, -0.25) is 14.4 Å². The lowest BCUT2D eigenvalue weighted by molar-refractivity contribution is -0.175. The first-order valence-corrected chi connectivity index (χ1v) is 4.81. The Balaban J connectivity index is 3.25. The lowest BCUT2D eigenvalue weighted by atomic mass is 9.84. The predicted molar refractivity (Wildman–Crippen MR) is 52.5 cm³/mol. The van der Waals surface area contributed by atoms with Crippen molar-refractivity contribution in [3.8, 4) is 0 Å². The Bertz CT molecular complexity index is 459. The summed E-state index contributed by atoms with van der Waals surface area (Å²) in [5.41, 5.74) is -3.00. The minimum Gasteiger partial charge on any atom is -0.480 e. The molecule has 1 aromatic rings.